The average molecular weight is 269 g/mol. The molecule has 0 aliphatic rings. The summed E-state index contributed by atoms with van der Waals surface area (Å²) in [6.45, 7) is 8.14. The third kappa shape index (κ3) is 4.96. The second kappa shape index (κ2) is 7.85. The van der Waals surface area contributed by atoms with Gasteiger partial charge in [-0.25, -0.2) is 0 Å². The first kappa shape index (κ1) is 15.6. The van der Waals surface area contributed by atoms with Crippen molar-refractivity contribution in [3.8, 4) is 0 Å². The van der Waals surface area contributed by atoms with E-state index in [0.29, 0.717) is 32.0 Å². The van der Waals surface area contributed by atoms with Gasteiger partial charge in [-0.3, -0.25) is 9.48 Å². The predicted octanol–water partition coefficient (Wildman–Crippen LogP) is 0.0277. The van der Waals surface area contributed by atoms with Crippen molar-refractivity contribution in [3.63, 3.8) is 0 Å². The number of hydrogen-bond donors (Lipinski definition) is 2. The van der Waals surface area contributed by atoms with Gasteiger partial charge in [0.15, 0.2) is 5.69 Å². The summed E-state index contributed by atoms with van der Waals surface area (Å²) in [5.41, 5.74) is 5.72. The number of rotatable bonds is 8. The van der Waals surface area contributed by atoms with E-state index in [9.17, 15) is 4.79 Å². The van der Waals surface area contributed by atoms with Gasteiger partial charge in [0, 0.05) is 13.2 Å². The van der Waals surface area contributed by atoms with Crippen molar-refractivity contribution in [2.75, 3.05) is 19.8 Å². The number of ether oxygens (including phenoxy) is 1. The van der Waals surface area contributed by atoms with Gasteiger partial charge in [-0.05, 0) is 12.8 Å². The molecule has 19 heavy (non-hydrogen) atoms. The lowest BCUT2D eigenvalue weighted by atomic mass is 10.1. The van der Waals surface area contributed by atoms with Crippen molar-refractivity contribution in [2.24, 2.45) is 11.7 Å². The van der Waals surface area contributed by atoms with E-state index in [1.54, 1.807) is 10.9 Å². The van der Waals surface area contributed by atoms with Crippen LogP contribution in [-0.4, -0.2) is 46.7 Å². The lowest BCUT2D eigenvalue weighted by Crippen LogP contribution is -2.42. The number of nitrogens with two attached hydrogens (primary N) is 1. The Hall–Kier alpha value is -1.47. The first-order valence-corrected chi connectivity index (χ1v) is 6.57. The van der Waals surface area contributed by atoms with Crippen LogP contribution in [0.5, 0.6) is 0 Å². The number of nitrogens with one attached hydrogen (secondary N) is 1. The van der Waals surface area contributed by atoms with E-state index in [4.69, 9.17) is 10.5 Å². The van der Waals surface area contributed by atoms with Crippen LogP contribution in [0, 0.1) is 5.92 Å². The molecule has 1 unspecified atom stereocenters. The SMILES string of the molecule is CCOCC(NC(=O)c1cn(CCN)nn1)C(C)C. The van der Waals surface area contributed by atoms with E-state index in [1.807, 2.05) is 20.8 Å². The maximum atomic E-state index is 12.0. The van der Waals surface area contributed by atoms with Crippen LogP contribution in [0.1, 0.15) is 31.3 Å². The van der Waals surface area contributed by atoms with Gasteiger partial charge >= 0.3 is 0 Å². The maximum absolute atomic E-state index is 12.0. The molecular weight excluding hydrogens is 246 g/mol. The number of nitrogens with zero attached hydrogens (tertiary/aromatic N) is 3. The summed E-state index contributed by atoms with van der Waals surface area (Å²) in [5.74, 6) is 0.0521. The third-order valence-electron chi connectivity index (χ3n) is 2.75. The fourth-order valence-corrected chi connectivity index (χ4v) is 1.53. The van der Waals surface area contributed by atoms with Crippen molar-refractivity contribution in [1.82, 2.24) is 20.3 Å². The molecule has 0 aliphatic carbocycles. The largest absolute Gasteiger partial charge is 0.380 e. The number of aromatic nitrogens is 3. The van der Waals surface area contributed by atoms with Crippen LogP contribution in [0.25, 0.3) is 0 Å². The predicted molar refractivity (Wildman–Crippen MR) is 71.7 cm³/mol. The third-order valence-corrected chi connectivity index (χ3v) is 2.75. The molecule has 0 bridgehead atoms. The molecule has 7 heteroatoms. The minimum Gasteiger partial charge on any atom is -0.380 e. The first-order valence-electron chi connectivity index (χ1n) is 6.57. The highest BCUT2D eigenvalue weighted by Gasteiger charge is 2.19. The smallest absolute Gasteiger partial charge is 0.273 e. The fourth-order valence-electron chi connectivity index (χ4n) is 1.53. The van der Waals surface area contributed by atoms with Crippen molar-refractivity contribution in [3.05, 3.63) is 11.9 Å². The molecule has 0 radical (unpaired) electrons. The van der Waals surface area contributed by atoms with Gasteiger partial charge in [0.1, 0.15) is 0 Å². The average Bonchev–Trinajstić information content (AvgIpc) is 2.83. The van der Waals surface area contributed by atoms with Gasteiger partial charge in [-0.15, -0.1) is 5.10 Å². The van der Waals surface area contributed by atoms with Crippen molar-refractivity contribution in [1.29, 1.82) is 0 Å². The molecule has 0 saturated heterocycles. The van der Waals surface area contributed by atoms with Gasteiger partial charge in [-0.2, -0.15) is 0 Å². The zero-order valence-corrected chi connectivity index (χ0v) is 11.8. The summed E-state index contributed by atoms with van der Waals surface area (Å²) in [7, 11) is 0. The molecule has 0 fully saturated rings. The summed E-state index contributed by atoms with van der Waals surface area (Å²) in [4.78, 5) is 12.0. The number of carbonyl (C=O) groups excluding carboxylic acids is 1. The lowest BCUT2D eigenvalue weighted by Gasteiger charge is -2.21. The topological polar surface area (TPSA) is 95.1 Å². The zero-order chi connectivity index (χ0) is 14.3. The molecule has 3 N–H and O–H groups in total. The quantitative estimate of drug-likeness (QED) is 0.694. The van der Waals surface area contributed by atoms with Crippen molar-refractivity contribution >= 4 is 5.91 Å². The van der Waals surface area contributed by atoms with Crippen LogP contribution >= 0.6 is 0 Å². The second-order valence-electron chi connectivity index (χ2n) is 4.64. The van der Waals surface area contributed by atoms with E-state index >= 15 is 0 Å². The first-order chi connectivity index (χ1) is 9.08. The minimum atomic E-state index is -0.235. The molecule has 1 aromatic rings. The summed E-state index contributed by atoms with van der Waals surface area (Å²) < 4.78 is 6.92. The summed E-state index contributed by atoms with van der Waals surface area (Å²) in [6, 6.07) is -0.0351. The standard InChI is InChI=1S/C12H23N5O2/c1-4-19-8-11(9(2)3)14-12(18)10-7-17(6-5-13)16-15-10/h7,9,11H,4-6,8,13H2,1-3H3,(H,14,18). The molecule has 1 heterocycles. The van der Waals surface area contributed by atoms with E-state index in [-0.39, 0.29) is 17.9 Å². The molecule has 1 atom stereocenters. The molecule has 7 nitrogen and oxygen atoms in total. The zero-order valence-electron chi connectivity index (χ0n) is 11.8. The lowest BCUT2D eigenvalue weighted by molar-refractivity contribution is 0.0802. The molecule has 0 spiro atoms. The highest BCUT2D eigenvalue weighted by molar-refractivity contribution is 5.92. The van der Waals surface area contributed by atoms with Crippen LogP contribution in [0.2, 0.25) is 0 Å². The highest BCUT2D eigenvalue weighted by atomic mass is 16.5. The van der Waals surface area contributed by atoms with Crippen molar-refractivity contribution in [2.45, 2.75) is 33.4 Å². The Morgan fingerprint density at radius 1 is 1.58 bits per heavy atom. The maximum Gasteiger partial charge on any atom is 0.273 e. The normalized spacial score (nSPS) is 12.7. The minimum absolute atomic E-state index is 0.0351. The summed E-state index contributed by atoms with van der Waals surface area (Å²) in [6.07, 6.45) is 1.60. The Bertz CT molecular complexity index is 391. The highest BCUT2D eigenvalue weighted by Crippen LogP contribution is 2.04. The van der Waals surface area contributed by atoms with Gasteiger partial charge in [0.2, 0.25) is 0 Å². The summed E-state index contributed by atoms with van der Waals surface area (Å²) in [5, 5.41) is 10.6. The number of hydrogen-bond acceptors (Lipinski definition) is 5. The van der Waals surface area contributed by atoms with E-state index in [0.717, 1.165) is 0 Å². The molecule has 0 saturated carbocycles. The Morgan fingerprint density at radius 3 is 2.89 bits per heavy atom. The number of amides is 1. The van der Waals surface area contributed by atoms with E-state index in [2.05, 4.69) is 15.6 Å². The van der Waals surface area contributed by atoms with Crippen molar-refractivity contribution < 1.29 is 9.53 Å². The molecule has 0 aromatic carbocycles. The number of carbonyl (C=O) groups is 1. The second-order valence-corrected chi connectivity index (χ2v) is 4.64. The molecule has 1 rings (SSSR count). The molecular formula is C12H23N5O2. The molecule has 0 aliphatic heterocycles. The van der Waals surface area contributed by atoms with Gasteiger partial charge in [0.25, 0.3) is 5.91 Å². The van der Waals surface area contributed by atoms with Crippen LogP contribution < -0.4 is 11.1 Å². The molecule has 1 aromatic heterocycles. The van der Waals surface area contributed by atoms with Gasteiger partial charge in [-0.1, -0.05) is 19.1 Å². The Labute approximate surface area is 113 Å². The molecule has 1 amide bonds. The van der Waals surface area contributed by atoms with Crippen LogP contribution in [-0.2, 0) is 11.3 Å². The van der Waals surface area contributed by atoms with E-state index in [1.165, 1.54) is 0 Å². The van der Waals surface area contributed by atoms with Crippen LogP contribution in [0.3, 0.4) is 0 Å². The monoisotopic (exact) mass is 269 g/mol. The Morgan fingerprint density at radius 2 is 2.32 bits per heavy atom. The summed E-state index contributed by atoms with van der Waals surface area (Å²) >= 11 is 0. The van der Waals surface area contributed by atoms with Crippen LogP contribution in [0.4, 0.5) is 0 Å². The van der Waals surface area contributed by atoms with E-state index < -0.39 is 0 Å². The van der Waals surface area contributed by atoms with Gasteiger partial charge < -0.3 is 15.8 Å². The fraction of sp³-hybridized carbons (Fsp3) is 0.750. The van der Waals surface area contributed by atoms with Crippen LogP contribution in [0.15, 0.2) is 6.20 Å². The Kier molecular flexibility index (Phi) is 6.44. The Balaban J connectivity index is 2.59. The van der Waals surface area contributed by atoms with Gasteiger partial charge in [0.05, 0.1) is 25.4 Å². The molecule has 108 valence electrons.